The lowest BCUT2D eigenvalue weighted by atomic mass is 10.0. The molecular formula is C26H33N3O2. The molecule has 0 saturated carbocycles. The summed E-state index contributed by atoms with van der Waals surface area (Å²) in [7, 11) is 2.12. The molecule has 3 aromatic rings. The zero-order valence-electron chi connectivity index (χ0n) is 18.1. The third-order valence-corrected chi connectivity index (χ3v) is 5.54. The van der Waals surface area contributed by atoms with E-state index in [2.05, 4.69) is 41.5 Å². The summed E-state index contributed by atoms with van der Waals surface area (Å²) in [4.78, 5) is 2.32. The topological polar surface area (TPSA) is 81.8 Å². The number of likely N-dealkylation sites (N-methyl/N-ethyl adjacent to an activating group) is 1. The van der Waals surface area contributed by atoms with E-state index in [-0.39, 0.29) is 23.6 Å². The molecular weight excluding hydrogens is 386 g/mol. The average molecular weight is 420 g/mol. The molecule has 31 heavy (non-hydrogen) atoms. The van der Waals surface area contributed by atoms with Crippen LogP contribution in [0.4, 0.5) is 0 Å². The SMILES string of the molecule is CN(C[C@@H](N)Cc1ccc(O)cc1)[C@H](CNCc1ccccc1)Cc1ccc(O)cc1. The molecule has 0 aromatic heterocycles. The normalized spacial score (nSPS) is 13.3. The molecule has 5 N–H and O–H groups in total. The van der Waals surface area contributed by atoms with Crippen LogP contribution in [0.3, 0.4) is 0 Å². The van der Waals surface area contributed by atoms with Gasteiger partial charge in [-0.2, -0.15) is 0 Å². The van der Waals surface area contributed by atoms with Gasteiger partial charge < -0.3 is 26.2 Å². The Morgan fingerprint density at radius 2 is 1.32 bits per heavy atom. The maximum atomic E-state index is 9.59. The minimum Gasteiger partial charge on any atom is -0.508 e. The fraction of sp³-hybridized carbons (Fsp3) is 0.308. The van der Waals surface area contributed by atoms with Gasteiger partial charge in [-0.15, -0.1) is 0 Å². The fourth-order valence-electron chi connectivity index (χ4n) is 3.79. The Labute approximate surface area is 185 Å². The van der Waals surface area contributed by atoms with Gasteiger partial charge in [0.25, 0.3) is 0 Å². The van der Waals surface area contributed by atoms with Crippen molar-refractivity contribution < 1.29 is 10.2 Å². The predicted octanol–water partition coefficient (Wildman–Crippen LogP) is 3.30. The third-order valence-electron chi connectivity index (χ3n) is 5.54. The lowest BCUT2D eigenvalue weighted by Crippen LogP contribution is -2.47. The maximum absolute atomic E-state index is 9.59. The van der Waals surface area contributed by atoms with Gasteiger partial charge in [0.1, 0.15) is 11.5 Å². The summed E-state index contributed by atoms with van der Waals surface area (Å²) in [5.41, 5.74) is 10.0. The van der Waals surface area contributed by atoms with Crippen molar-refractivity contribution in [2.75, 3.05) is 20.1 Å². The van der Waals surface area contributed by atoms with E-state index in [1.807, 2.05) is 30.3 Å². The number of rotatable bonds is 11. The van der Waals surface area contributed by atoms with Crippen LogP contribution < -0.4 is 11.1 Å². The summed E-state index contributed by atoms with van der Waals surface area (Å²) in [6, 6.07) is 25.3. The molecule has 0 saturated heterocycles. The maximum Gasteiger partial charge on any atom is 0.115 e. The van der Waals surface area contributed by atoms with E-state index in [0.29, 0.717) is 0 Å². The van der Waals surface area contributed by atoms with Crippen LogP contribution in [0.2, 0.25) is 0 Å². The largest absolute Gasteiger partial charge is 0.508 e. The van der Waals surface area contributed by atoms with E-state index >= 15 is 0 Å². The van der Waals surface area contributed by atoms with E-state index < -0.39 is 0 Å². The van der Waals surface area contributed by atoms with Crippen LogP contribution in [-0.2, 0) is 19.4 Å². The number of phenolic OH excluding ortho intramolecular Hbond substituents is 2. The number of phenols is 2. The quantitative estimate of drug-likeness (QED) is 0.383. The monoisotopic (exact) mass is 419 g/mol. The van der Waals surface area contributed by atoms with Gasteiger partial charge in [-0.25, -0.2) is 0 Å². The van der Waals surface area contributed by atoms with E-state index in [1.54, 1.807) is 24.3 Å². The summed E-state index contributed by atoms with van der Waals surface area (Å²) in [6.07, 6.45) is 1.62. The Bertz CT molecular complexity index is 898. The van der Waals surface area contributed by atoms with E-state index in [4.69, 9.17) is 5.73 Å². The highest BCUT2D eigenvalue weighted by atomic mass is 16.3. The van der Waals surface area contributed by atoms with Gasteiger partial charge in [-0.05, 0) is 60.8 Å². The molecule has 3 rings (SSSR count). The highest BCUT2D eigenvalue weighted by molar-refractivity contribution is 5.27. The van der Waals surface area contributed by atoms with Crippen LogP contribution in [0.1, 0.15) is 16.7 Å². The van der Waals surface area contributed by atoms with Gasteiger partial charge in [0, 0.05) is 31.7 Å². The number of nitrogens with zero attached hydrogens (tertiary/aromatic N) is 1. The first-order chi connectivity index (χ1) is 15.0. The van der Waals surface area contributed by atoms with Crippen LogP contribution in [0.15, 0.2) is 78.9 Å². The van der Waals surface area contributed by atoms with Crippen molar-refractivity contribution in [2.45, 2.75) is 31.5 Å². The van der Waals surface area contributed by atoms with Crippen molar-refractivity contribution >= 4 is 0 Å². The zero-order chi connectivity index (χ0) is 22.1. The molecule has 0 spiro atoms. The van der Waals surface area contributed by atoms with Crippen LogP contribution in [-0.4, -0.2) is 47.3 Å². The molecule has 0 aliphatic carbocycles. The predicted molar refractivity (Wildman–Crippen MR) is 126 cm³/mol. The highest BCUT2D eigenvalue weighted by Crippen LogP contribution is 2.15. The first-order valence-corrected chi connectivity index (χ1v) is 10.8. The first-order valence-electron chi connectivity index (χ1n) is 10.8. The third kappa shape index (κ3) is 7.72. The Morgan fingerprint density at radius 1 is 0.774 bits per heavy atom. The average Bonchev–Trinajstić information content (AvgIpc) is 2.76. The summed E-state index contributed by atoms with van der Waals surface area (Å²) in [6.45, 7) is 2.41. The van der Waals surface area contributed by atoms with Gasteiger partial charge in [0.2, 0.25) is 0 Å². The molecule has 164 valence electrons. The number of aromatic hydroxyl groups is 2. The molecule has 3 aromatic carbocycles. The van der Waals surface area contributed by atoms with Crippen molar-refractivity contribution in [3.8, 4) is 11.5 Å². The van der Waals surface area contributed by atoms with Crippen LogP contribution >= 0.6 is 0 Å². The Kier molecular flexibility index (Phi) is 8.47. The summed E-state index contributed by atoms with van der Waals surface area (Å²) in [5.74, 6) is 0.555. The molecule has 0 radical (unpaired) electrons. The number of benzene rings is 3. The molecule has 2 atom stereocenters. The second-order valence-electron chi connectivity index (χ2n) is 8.21. The molecule has 5 nitrogen and oxygen atoms in total. The van der Waals surface area contributed by atoms with E-state index in [9.17, 15) is 10.2 Å². The van der Waals surface area contributed by atoms with Crippen molar-refractivity contribution in [3.63, 3.8) is 0 Å². The van der Waals surface area contributed by atoms with Gasteiger partial charge in [-0.1, -0.05) is 54.6 Å². The smallest absolute Gasteiger partial charge is 0.115 e. The minimum atomic E-state index is -0.00835. The lowest BCUT2D eigenvalue weighted by molar-refractivity contribution is 0.219. The molecule has 0 bridgehead atoms. The number of nitrogens with one attached hydrogen (secondary N) is 1. The van der Waals surface area contributed by atoms with Crippen LogP contribution in [0.25, 0.3) is 0 Å². The standard InChI is InChI=1S/C26H33N3O2/c1-29(19-23(27)15-20-7-11-25(30)12-8-20)24(16-21-9-13-26(31)14-10-21)18-28-17-22-5-3-2-4-6-22/h2-14,23-24,28,30-31H,15-19,27H2,1H3/t23-,24-/m0/s1. The van der Waals surface area contributed by atoms with Gasteiger partial charge in [-0.3, -0.25) is 0 Å². The van der Waals surface area contributed by atoms with Crippen molar-refractivity contribution in [1.82, 2.24) is 10.2 Å². The van der Waals surface area contributed by atoms with Crippen LogP contribution in [0, 0.1) is 0 Å². The number of hydrogen-bond donors (Lipinski definition) is 4. The van der Waals surface area contributed by atoms with Crippen molar-refractivity contribution in [2.24, 2.45) is 5.73 Å². The molecule has 0 fully saturated rings. The second-order valence-corrected chi connectivity index (χ2v) is 8.21. The van der Waals surface area contributed by atoms with Gasteiger partial charge >= 0.3 is 0 Å². The summed E-state index contributed by atoms with van der Waals surface area (Å²) >= 11 is 0. The van der Waals surface area contributed by atoms with E-state index in [0.717, 1.165) is 38.0 Å². The number of hydrogen-bond acceptors (Lipinski definition) is 5. The molecule has 0 heterocycles. The fourth-order valence-corrected chi connectivity index (χ4v) is 3.79. The van der Waals surface area contributed by atoms with Gasteiger partial charge in [0.15, 0.2) is 0 Å². The van der Waals surface area contributed by atoms with Gasteiger partial charge in [0.05, 0.1) is 0 Å². The van der Waals surface area contributed by atoms with E-state index in [1.165, 1.54) is 11.1 Å². The summed E-state index contributed by atoms with van der Waals surface area (Å²) in [5, 5.41) is 22.6. The van der Waals surface area contributed by atoms with Crippen LogP contribution in [0.5, 0.6) is 11.5 Å². The lowest BCUT2D eigenvalue weighted by Gasteiger charge is -2.31. The molecule has 0 amide bonds. The molecule has 0 aliphatic heterocycles. The molecule has 0 aliphatic rings. The highest BCUT2D eigenvalue weighted by Gasteiger charge is 2.18. The second kappa shape index (κ2) is 11.5. The number of nitrogens with two attached hydrogens (primary N) is 1. The molecule has 0 unspecified atom stereocenters. The first kappa shape index (κ1) is 22.8. The molecule has 5 heteroatoms. The zero-order valence-corrected chi connectivity index (χ0v) is 18.1. The Hall–Kier alpha value is -2.86. The Morgan fingerprint density at radius 3 is 1.90 bits per heavy atom. The minimum absolute atomic E-state index is 0.00835. The van der Waals surface area contributed by atoms with Crippen molar-refractivity contribution in [3.05, 3.63) is 95.6 Å². The summed E-state index contributed by atoms with van der Waals surface area (Å²) < 4.78 is 0. The Balaban J connectivity index is 1.60. The van der Waals surface area contributed by atoms with Crippen molar-refractivity contribution in [1.29, 1.82) is 0 Å².